The average Bonchev–Trinajstić information content (AvgIpc) is 2.41. The molecule has 2 N–H and O–H groups in total. The molecule has 6 heteroatoms. The van der Waals surface area contributed by atoms with Crippen LogP contribution >= 0.6 is 0 Å². The summed E-state index contributed by atoms with van der Waals surface area (Å²) < 4.78 is 41.1. The minimum absolute atomic E-state index is 0.322. The summed E-state index contributed by atoms with van der Waals surface area (Å²) in [5.74, 6) is 0. The predicted octanol–water partition coefficient (Wildman–Crippen LogP) is 2.33. The Morgan fingerprint density at radius 2 is 1.00 bits per heavy atom. The van der Waals surface area contributed by atoms with E-state index in [1.165, 1.54) is 0 Å². The van der Waals surface area contributed by atoms with Crippen LogP contribution in [0.4, 0.5) is 0 Å². The zero-order valence-electron chi connectivity index (χ0n) is 9.80. The summed E-state index contributed by atoms with van der Waals surface area (Å²) in [7, 11) is 0. The highest BCUT2D eigenvalue weighted by atomic mass is 32.3. The van der Waals surface area contributed by atoms with Gasteiger partial charge in [0.25, 0.3) is 0 Å². The quantitative estimate of drug-likeness (QED) is 0.849. The van der Waals surface area contributed by atoms with Crippen LogP contribution in [-0.2, 0) is 26.2 Å². The summed E-state index contributed by atoms with van der Waals surface area (Å²) in [6.07, 6.45) is 0. The summed E-state index contributed by atoms with van der Waals surface area (Å²) in [5.41, 5.74) is 0.644. The molecule has 0 aromatic heterocycles. The maximum Gasteiger partial charge on any atom is 0.221 e. The molecule has 0 bridgehead atoms. The molecule has 4 nitrogen and oxygen atoms in total. The normalized spacial score (nSPS) is 14.8. The second-order valence-corrected chi connectivity index (χ2v) is 6.33. The third-order valence-electron chi connectivity index (χ3n) is 2.80. The van der Waals surface area contributed by atoms with E-state index in [9.17, 15) is 17.5 Å². The highest BCUT2D eigenvalue weighted by Crippen LogP contribution is 2.37. The van der Waals surface area contributed by atoms with Gasteiger partial charge in [-0.15, -0.1) is 0 Å². The summed E-state index contributed by atoms with van der Waals surface area (Å²) in [6, 6.07) is 16.4. The van der Waals surface area contributed by atoms with Gasteiger partial charge in [-0.2, -0.15) is 0 Å². The molecule has 2 rings (SSSR count). The van der Waals surface area contributed by atoms with Gasteiger partial charge in [0.15, 0.2) is 22.2 Å². The molecule has 0 heterocycles. The number of hydrogen-bond donors (Lipinski definition) is 2. The van der Waals surface area contributed by atoms with Gasteiger partial charge in [0.1, 0.15) is 0 Å². The second-order valence-electron chi connectivity index (χ2n) is 3.85. The number of hydrogen-bond acceptors (Lipinski definition) is 2. The molecule has 19 heavy (non-hydrogen) atoms. The first-order valence-corrected chi connectivity index (χ1v) is 7.64. The zero-order chi connectivity index (χ0) is 13.9. The van der Waals surface area contributed by atoms with Crippen LogP contribution in [0.3, 0.4) is 0 Å². The summed E-state index contributed by atoms with van der Waals surface area (Å²) >= 11 is -5.09. The maximum atomic E-state index is 11.8. The molecule has 0 amide bonds. The molecule has 0 radical (unpaired) electrons. The molecule has 100 valence electrons. The van der Waals surface area contributed by atoms with Gasteiger partial charge in [-0.1, -0.05) is 60.7 Å². The molecule has 0 fully saturated rings. The van der Waals surface area contributed by atoms with E-state index in [4.69, 9.17) is 0 Å². The second kappa shape index (κ2) is 5.75. The molecule has 0 aliphatic rings. The van der Waals surface area contributed by atoms with E-state index in [-0.39, 0.29) is 0 Å². The van der Waals surface area contributed by atoms with E-state index in [1.807, 2.05) is 0 Å². The van der Waals surface area contributed by atoms with Crippen LogP contribution in [0.2, 0.25) is 0 Å². The lowest BCUT2D eigenvalue weighted by atomic mass is 10.0. The van der Waals surface area contributed by atoms with Crippen molar-refractivity contribution in [2.24, 2.45) is 0 Å². The standard InChI is InChI=1S/C13H12O4S2/c14-18(15)13(19(16)17,11-7-3-1-4-8-11)12-9-5-2-6-10-12/h1-10H,(H,14,15)(H,16,17). The smallest absolute Gasteiger partial charge is 0.221 e. The van der Waals surface area contributed by atoms with Crippen molar-refractivity contribution in [1.82, 2.24) is 0 Å². The first kappa shape index (κ1) is 14.1. The Labute approximate surface area is 116 Å². The van der Waals surface area contributed by atoms with Gasteiger partial charge in [-0.05, 0) is 11.1 Å². The lowest BCUT2D eigenvalue weighted by molar-refractivity contribution is 0.523. The fraction of sp³-hybridized carbons (Fsp3) is 0.0769. The molecular formula is C13H12O4S2. The molecule has 0 saturated carbocycles. The van der Waals surface area contributed by atoms with Gasteiger partial charge in [0, 0.05) is 0 Å². The Kier molecular flexibility index (Phi) is 4.26. The molecular weight excluding hydrogens is 284 g/mol. The molecule has 2 unspecified atom stereocenters. The lowest BCUT2D eigenvalue weighted by Crippen LogP contribution is -2.37. The van der Waals surface area contributed by atoms with Crippen molar-refractivity contribution in [1.29, 1.82) is 0 Å². The predicted molar refractivity (Wildman–Crippen MR) is 75.2 cm³/mol. The van der Waals surface area contributed by atoms with Gasteiger partial charge in [0.05, 0.1) is 0 Å². The van der Waals surface area contributed by atoms with Crippen LogP contribution in [0.25, 0.3) is 0 Å². The third kappa shape index (κ3) is 2.40. The minimum atomic E-state index is -2.54. The molecule has 0 aliphatic carbocycles. The van der Waals surface area contributed by atoms with E-state index in [0.29, 0.717) is 11.1 Å². The van der Waals surface area contributed by atoms with Crippen LogP contribution in [0.1, 0.15) is 11.1 Å². The Morgan fingerprint density at radius 1 is 0.684 bits per heavy atom. The fourth-order valence-electron chi connectivity index (χ4n) is 1.95. The fourth-order valence-corrected chi connectivity index (χ4v) is 3.78. The summed E-state index contributed by atoms with van der Waals surface area (Å²) in [5, 5.41) is 0. The van der Waals surface area contributed by atoms with Crippen molar-refractivity contribution in [3.05, 3.63) is 71.8 Å². The van der Waals surface area contributed by atoms with Crippen LogP contribution in [0.15, 0.2) is 60.7 Å². The number of benzene rings is 2. The first-order chi connectivity index (χ1) is 9.10. The molecule has 2 atom stereocenters. The Hall–Kier alpha value is -1.34. The molecule has 2 aromatic rings. The first-order valence-electron chi connectivity index (χ1n) is 5.43. The van der Waals surface area contributed by atoms with Gasteiger partial charge >= 0.3 is 0 Å². The Morgan fingerprint density at radius 3 is 1.26 bits per heavy atom. The van der Waals surface area contributed by atoms with Crippen molar-refractivity contribution >= 4 is 22.2 Å². The molecule has 2 aromatic carbocycles. The van der Waals surface area contributed by atoms with E-state index < -0.39 is 26.2 Å². The summed E-state index contributed by atoms with van der Waals surface area (Å²) in [4.78, 5) is 0. The summed E-state index contributed by atoms with van der Waals surface area (Å²) in [6.45, 7) is 0. The maximum absolute atomic E-state index is 11.8. The monoisotopic (exact) mass is 296 g/mol. The van der Waals surface area contributed by atoms with Crippen molar-refractivity contribution in [3.63, 3.8) is 0 Å². The van der Waals surface area contributed by atoms with Crippen molar-refractivity contribution in [3.8, 4) is 0 Å². The van der Waals surface area contributed by atoms with E-state index in [2.05, 4.69) is 0 Å². The zero-order valence-corrected chi connectivity index (χ0v) is 11.4. The van der Waals surface area contributed by atoms with Gasteiger partial charge in [-0.25, -0.2) is 8.42 Å². The number of rotatable bonds is 4. The van der Waals surface area contributed by atoms with E-state index in [0.717, 1.165) is 0 Å². The third-order valence-corrected chi connectivity index (χ3v) is 5.58. The van der Waals surface area contributed by atoms with E-state index >= 15 is 0 Å². The minimum Gasteiger partial charge on any atom is -0.304 e. The van der Waals surface area contributed by atoms with Gasteiger partial charge in [0.2, 0.25) is 4.08 Å². The topological polar surface area (TPSA) is 74.6 Å². The van der Waals surface area contributed by atoms with Crippen LogP contribution in [0, 0.1) is 0 Å². The van der Waals surface area contributed by atoms with Crippen LogP contribution < -0.4 is 0 Å². The Balaban J connectivity index is 2.77. The Bertz CT molecular complexity index is 543. The van der Waals surface area contributed by atoms with Crippen molar-refractivity contribution in [2.75, 3.05) is 0 Å². The largest absolute Gasteiger partial charge is 0.304 e. The van der Waals surface area contributed by atoms with E-state index in [1.54, 1.807) is 60.7 Å². The lowest BCUT2D eigenvalue weighted by Gasteiger charge is -2.27. The van der Waals surface area contributed by atoms with Crippen molar-refractivity contribution < 1.29 is 17.5 Å². The van der Waals surface area contributed by atoms with Crippen molar-refractivity contribution in [2.45, 2.75) is 4.08 Å². The highest BCUT2D eigenvalue weighted by Gasteiger charge is 2.47. The van der Waals surface area contributed by atoms with Gasteiger partial charge < -0.3 is 9.11 Å². The SMILES string of the molecule is O=S(O)C(c1ccccc1)(c1ccccc1)S(=O)O. The van der Waals surface area contributed by atoms with Crippen LogP contribution in [-0.4, -0.2) is 17.5 Å². The highest BCUT2D eigenvalue weighted by molar-refractivity contribution is 7.98. The average molecular weight is 296 g/mol. The molecule has 0 spiro atoms. The van der Waals surface area contributed by atoms with Crippen LogP contribution in [0.5, 0.6) is 0 Å². The van der Waals surface area contributed by atoms with Gasteiger partial charge in [-0.3, -0.25) is 0 Å². The molecule has 0 saturated heterocycles. The molecule has 0 aliphatic heterocycles.